The van der Waals surface area contributed by atoms with E-state index in [0.29, 0.717) is 6.07 Å². The second-order valence-electron chi connectivity index (χ2n) is 10.3. The smallest absolute Gasteiger partial charge is 0.435 e. The fourth-order valence-electron chi connectivity index (χ4n) is 5.97. The SMILES string of the molecule is O=C(O)c1ccc(S(=O)(=O)N2CC[C@@]3(S(=O)(=O)c4ccc(F)cc4)c4ccc(C(F)(C(F)(F)F)C(F)(F)F)cc4CC23)cc1. The van der Waals surface area contributed by atoms with E-state index in [4.69, 9.17) is 5.11 Å². The fraction of sp³-hybridized carbons (Fsp3) is 0.296. The Morgan fingerprint density at radius 3 is 1.89 bits per heavy atom. The van der Waals surface area contributed by atoms with Crippen molar-refractivity contribution >= 4 is 25.8 Å². The molecular formula is C27H19F8NO6S2. The van der Waals surface area contributed by atoms with E-state index in [1.807, 2.05) is 0 Å². The van der Waals surface area contributed by atoms with Gasteiger partial charge in [-0.2, -0.15) is 30.6 Å². The predicted octanol–water partition coefficient (Wildman–Crippen LogP) is 5.50. The molecule has 1 unspecified atom stereocenters. The van der Waals surface area contributed by atoms with Crippen molar-refractivity contribution in [1.29, 1.82) is 0 Å². The number of carboxylic acid groups (broad SMARTS) is 1. The number of halogens is 8. The molecule has 1 aliphatic carbocycles. The van der Waals surface area contributed by atoms with Crippen LogP contribution in [0.2, 0.25) is 0 Å². The Kier molecular flexibility index (Phi) is 7.21. The van der Waals surface area contributed by atoms with Crippen LogP contribution >= 0.6 is 0 Å². The van der Waals surface area contributed by atoms with E-state index in [-0.39, 0.29) is 23.3 Å². The number of sulfonamides is 1. The molecule has 2 atom stereocenters. The molecule has 0 amide bonds. The number of nitrogens with zero attached hydrogens (tertiary/aromatic N) is 1. The van der Waals surface area contributed by atoms with Crippen LogP contribution in [-0.4, -0.2) is 57.2 Å². The van der Waals surface area contributed by atoms with Crippen molar-refractivity contribution < 1.29 is 61.9 Å². The van der Waals surface area contributed by atoms with Gasteiger partial charge in [-0.05, 0) is 72.5 Å². The molecule has 0 spiro atoms. The molecule has 1 saturated heterocycles. The largest absolute Gasteiger partial charge is 0.478 e. The van der Waals surface area contributed by atoms with Crippen molar-refractivity contribution in [3.63, 3.8) is 0 Å². The molecular weight excluding hydrogens is 650 g/mol. The molecule has 17 heteroatoms. The summed E-state index contributed by atoms with van der Waals surface area (Å²) >= 11 is 0. The Labute approximate surface area is 244 Å². The first-order valence-electron chi connectivity index (χ1n) is 12.5. The number of carbonyl (C=O) groups is 1. The lowest BCUT2D eigenvalue weighted by Gasteiger charge is -2.33. The average molecular weight is 670 g/mol. The summed E-state index contributed by atoms with van der Waals surface area (Å²) in [4.78, 5) is 10.2. The summed E-state index contributed by atoms with van der Waals surface area (Å²) in [5.41, 5.74) is -8.77. The summed E-state index contributed by atoms with van der Waals surface area (Å²) in [7, 11) is -9.40. The third-order valence-corrected chi connectivity index (χ3v) is 12.5. The maximum atomic E-state index is 15.0. The van der Waals surface area contributed by atoms with E-state index in [2.05, 4.69) is 0 Å². The first-order valence-corrected chi connectivity index (χ1v) is 15.4. The van der Waals surface area contributed by atoms with E-state index in [9.17, 15) is 56.8 Å². The lowest BCUT2D eigenvalue weighted by atomic mass is 9.90. The van der Waals surface area contributed by atoms with Crippen LogP contribution in [0, 0.1) is 5.82 Å². The highest BCUT2D eigenvalue weighted by Gasteiger charge is 2.74. The Morgan fingerprint density at radius 2 is 1.36 bits per heavy atom. The lowest BCUT2D eigenvalue weighted by molar-refractivity contribution is -0.348. The van der Waals surface area contributed by atoms with Crippen LogP contribution in [0.4, 0.5) is 35.1 Å². The van der Waals surface area contributed by atoms with Crippen molar-refractivity contribution in [2.75, 3.05) is 6.54 Å². The molecule has 1 fully saturated rings. The minimum Gasteiger partial charge on any atom is -0.478 e. The van der Waals surface area contributed by atoms with Crippen LogP contribution in [0.15, 0.2) is 76.5 Å². The number of fused-ring (bicyclic) bond motifs is 3. The van der Waals surface area contributed by atoms with E-state index < -0.39 is 101 Å². The predicted molar refractivity (Wildman–Crippen MR) is 136 cm³/mol. The number of aromatic carboxylic acids is 1. The number of benzene rings is 3. The highest BCUT2D eigenvalue weighted by atomic mass is 32.2. The van der Waals surface area contributed by atoms with Crippen molar-refractivity contribution in [1.82, 2.24) is 4.31 Å². The number of hydrogen-bond acceptors (Lipinski definition) is 5. The minimum atomic E-state index is -6.46. The molecule has 7 nitrogen and oxygen atoms in total. The van der Waals surface area contributed by atoms with Gasteiger partial charge in [0.1, 0.15) is 10.6 Å². The van der Waals surface area contributed by atoms with Gasteiger partial charge in [0.15, 0.2) is 9.84 Å². The van der Waals surface area contributed by atoms with E-state index >= 15 is 0 Å². The number of alkyl halides is 7. The van der Waals surface area contributed by atoms with Gasteiger partial charge in [-0.25, -0.2) is 30.4 Å². The van der Waals surface area contributed by atoms with E-state index in [0.717, 1.165) is 52.8 Å². The van der Waals surface area contributed by atoms with Gasteiger partial charge < -0.3 is 5.11 Å². The molecule has 5 rings (SSSR count). The zero-order valence-corrected chi connectivity index (χ0v) is 23.5. The molecule has 0 aromatic heterocycles. The second kappa shape index (κ2) is 9.97. The molecule has 0 saturated carbocycles. The summed E-state index contributed by atoms with van der Waals surface area (Å²) in [5, 5.41) is 9.12. The van der Waals surface area contributed by atoms with Gasteiger partial charge in [-0.15, -0.1) is 0 Å². The summed E-state index contributed by atoms with van der Waals surface area (Å²) in [5.74, 6) is -2.20. The molecule has 3 aromatic carbocycles. The maximum absolute atomic E-state index is 15.0. The van der Waals surface area contributed by atoms with Crippen molar-refractivity contribution in [3.05, 3.63) is 94.8 Å². The number of rotatable bonds is 6. The fourth-order valence-corrected chi connectivity index (χ4v) is 10.0. The van der Waals surface area contributed by atoms with E-state index in [1.54, 1.807) is 0 Å². The lowest BCUT2D eigenvalue weighted by Crippen LogP contribution is -2.50. The highest BCUT2D eigenvalue weighted by molar-refractivity contribution is 7.92. The van der Waals surface area contributed by atoms with Gasteiger partial charge in [0, 0.05) is 12.1 Å². The van der Waals surface area contributed by atoms with Crippen molar-refractivity contribution in [2.45, 2.75) is 51.4 Å². The minimum absolute atomic E-state index is 0.173. The molecule has 3 aromatic rings. The van der Waals surface area contributed by atoms with Crippen LogP contribution < -0.4 is 0 Å². The topological polar surface area (TPSA) is 109 Å². The van der Waals surface area contributed by atoms with Gasteiger partial charge in [-0.1, -0.05) is 18.2 Å². The zero-order valence-electron chi connectivity index (χ0n) is 21.8. The number of sulfone groups is 1. The molecule has 1 aliphatic heterocycles. The number of hydrogen-bond donors (Lipinski definition) is 1. The summed E-state index contributed by atoms with van der Waals surface area (Å²) in [6, 6.07) is 6.58. The quantitative estimate of drug-likeness (QED) is 0.274. The molecule has 236 valence electrons. The molecule has 1 heterocycles. The van der Waals surface area contributed by atoms with Crippen molar-refractivity contribution in [2.24, 2.45) is 0 Å². The molecule has 44 heavy (non-hydrogen) atoms. The monoisotopic (exact) mass is 669 g/mol. The molecule has 0 bridgehead atoms. The number of carboxylic acids is 1. The molecule has 1 N–H and O–H groups in total. The Hall–Kier alpha value is -3.57. The normalized spacial score (nSPS) is 21.2. The van der Waals surface area contributed by atoms with Crippen LogP contribution in [0.3, 0.4) is 0 Å². The summed E-state index contributed by atoms with van der Waals surface area (Å²) < 4.78 is 164. The first-order chi connectivity index (χ1) is 20.2. The standard InChI is InChI=1S/C27H19F8NO6S2/c28-18-4-8-19(9-5-18)43(39,40)24-11-12-36(44(41,42)20-6-1-15(2-7-20)23(37)38)22(24)14-16-13-17(3-10-21(16)24)25(29,26(30,31)32)27(33,34)35/h1-10,13,22H,11-12,14H2,(H,37,38)/t22?,24-/m1/s1. The molecule has 0 radical (unpaired) electrons. The third kappa shape index (κ3) is 4.42. The van der Waals surface area contributed by atoms with Crippen LogP contribution in [0.25, 0.3) is 0 Å². The van der Waals surface area contributed by atoms with Gasteiger partial charge in [-0.3, -0.25) is 0 Å². The molecule has 2 aliphatic rings. The summed E-state index contributed by atoms with van der Waals surface area (Å²) in [6.45, 7) is -0.479. The van der Waals surface area contributed by atoms with E-state index in [1.165, 1.54) is 0 Å². The van der Waals surface area contributed by atoms with Gasteiger partial charge >= 0.3 is 24.0 Å². The Bertz CT molecular complexity index is 1840. The third-order valence-electron chi connectivity index (χ3n) is 8.05. The maximum Gasteiger partial charge on any atom is 0.435 e. The van der Waals surface area contributed by atoms with Gasteiger partial charge in [0.05, 0.1) is 21.4 Å². The van der Waals surface area contributed by atoms with Crippen molar-refractivity contribution in [3.8, 4) is 0 Å². The second-order valence-corrected chi connectivity index (χ2v) is 14.4. The van der Waals surface area contributed by atoms with Crippen LogP contribution in [-0.2, 0) is 36.7 Å². The average Bonchev–Trinajstić information content (AvgIpc) is 3.47. The summed E-state index contributed by atoms with van der Waals surface area (Å²) in [6.07, 6.45) is -14.1. The Balaban J connectivity index is 1.71. The highest BCUT2D eigenvalue weighted by Crippen LogP contribution is 2.58. The van der Waals surface area contributed by atoms with Crippen LogP contribution in [0.1, 0.15) is 33.5 Å². The van der Waals surface area contributed by atoms with Gasteiger partial charge in [0.25, 0.3) is 0 Å². The Morgan fingerprint density at radius 1 is 0.818 bits per heavy atom. The van der Waals surface area contributed by atoms with Gasteiger partial charge in [0.2, 0.25) is 10.0 Å². The zero-order chi connectivity index (χ0) is 32.7. The van der Waals surface area contributed by atoms with Crippen LogP contribution in [0.5, 0.6) is 0 Å². The first kappa shape index (κ1) is 31.8.